The van der Waals surface area contributed by atoms with E-state index in [-0.39, 0.29) is 0 Å². The Morgan fingerprint density at radius 3 is 1.58 bits per heavy atom. The minimum absolute atomic E-state index is 0.801. The maximum atomic E-state index is 6.27. The van der Waals surface area contributed by atoms with Crippen LogP contribution in [0.1, 0.15) is 5.56 Å². The average molecular weight is 357 g/mol. The zero-order valence-corrected chi connectivity index (χ0v) is 15.1. The van der Waals surface area contributed by atoms with Crippen LogP contribution in [-0.2, 0) is 0 Å². The molecule has 5 radical (unpaired) electrons. The zero-order valence-electron chi connectivity index (χ0n) is 14.2. The molecule has 1 aliphatic rings. The van der Waals surface area contributed by atoms with Crippen LogP contribution in [0.25, 0.3) is 0 Å². The molecular weight excluding hydrogens is 339 g/mol. The van der Waals surface area contributed by atoms with Crippen molar-refractivity contribution in [1.29, 1.82) is 0 Å². The van der Waals surface area contributed by atoms with Crippen molar-refractivity contribution in [1.82, 2.24) is 0 Å². The van der Waals surface area contributed by atoms with Gasteiger partial charge in [-0.1, -0.05) is 66.7 Å². The molecule has 26 heavy (non-hydrogen) atoms. The number of hydrogen-bond donors (Lipinski definition) is 0. The van der Waals surface area contributed by atoms with Crippen molar-refractivity contribution >= 4 is 8.38 Å². The van der Waals surface area contributed by atoms with Gasteiger partial charge in [0.15, 0.2) is 0 Å². The Balaban J connectivity index is 1.60. The summed E-state index contributed by atoms with van der Waals surface area (Å²) in [5.74, 6) is 2.74. The molecule has 0 N–H and O–H groups in total. The summed E-state index contributed by atoms with van der Waals surface area (Å²) in [6.45, 7) is 0. The first kappa shape index (κ1) is 17.1. The topological polar surface area (TPSA) is 18.5 Å². The molecule has 4 rings (SSSR count). The summed E-state index contributed by atoms with van der Waals surface area (Å²) in [5.41, 5.74) is 2.23. The third-order valence-corrected chi connectivity index (χ3v) is 5.47. The van der Waals surface area contributed by atoms with Gasteiger partial charge in [0.05, 0.1) is 5.66 Å². The fraction of sp³-hybridized carbons (Fsp3) is 0. The van der Waals surface area contributed by atoms with Gasteiger partial charge in [-0.05, 0) is 49.1 Å². The van der Waals surface area contributed by atoms with Crippen molar-refractivity contribution < 1.29 is 9.05 Å². The largest absolute Gasteiger partial charge is 0.438 e. The lowest BCUT2D eigenvalue weighted by molar-refractivity contribution is 0.492. The van der Waals surface area contributed by atoms with Crippen LogP contribution >= 0.6 is 8.38 Å². The third kappa shape index (κ3) is 4.08. The molecule has 3 aromatic rings. The maximum absolute atomic E-state index is 6.27. The molecule has 0 spiro atoms. The monoisotopic (exact) mass is 357 g/mol. The highest BCUT2D eigenvalue weighted by molar-refractivity contribution is 7.52. The Morgan fingerprint density at radius 1 is 0.538 bits per heavy atom. The van der Waals surface area contributed by atoms with Gasteiger partial charge in [-0.25, -0.2) is 0 Å². The highest BCUT2D eigenvalue weighted by Gasteiger charge is 2.41. The van der Waals surface area contributed by atoms with Gasteiger partial charge in [-0.3, -0.25) is 0 Å². The Hall–Kier alpha value is -2.31. The number of para-hydroxylation sites is 2. The number of benzene rings is 3. The van der Waals surface area contributed by atoms with E-state index >= 15 is 0 Å². The molecule has 0 unspecified atom stereocenters. The summed E-state index contributed by atoms with van der Waals surface area (Å²) in [5, 5.41) is 0. The van der Waals surface area contributed by atoms with Crippen molar-refractivity contribution in [2.75, 3.05) is 0 Å². The standard InChI is InChI=1S/C23H18O2P/c1-4-11-19(12-5-1)22-17-10-18-23(22)26(24-20-13-6-2-7-14-20)25-21-15-8-3-9-16-21/h1-18H. The Labute approximate surface area is 156 Å². The predicted octanol–water partition coefficient (Wildman–Crippen LogP) is 6.24. The fourth-order valence-corrected chi connectivity index (χ4v) is 4.17. The van der Waals surface area contributed by atoms with Crippen LogP contribution in [0.15, 0.2) is 91.0 Å². The predicted molar refractivity (Wildman–Crippen MR) is 106 cm³/mol. The normalized spacial score (nSPS) is 15.3. The molecule has 1 saturated carbocycles. The van der Waals surface area contributed by atoms with Crippen LogP contribution in [0.2, 0.25) is 0 Å². The second kappa shape index (κ2) is 8.38. The molecule has 127 valence electrons. The Morgan fingerprint density at radius 2 is 1.04 bits per heavy atom. The van der Waals surface area contributed by atoms with E-state index in [4.69, 9.17) is 9.05 Å². The average Bonchev–Trinajstić information content (AvgIpc) is 3.20. The summed E-state index contributed by atoms with van der Waals surface area (Å²) in [6.07, 6.45) is 6.25. The van der Waals surface area contributed by atoms with Crippen LogP contribution in [0.5, 0.6) is 11.5 Å². The molecule has 3 heteroatoms. The molecule has 2 nitrogen and oxygen atoms in total. The smallest absolute Gasteiger partial charge is 0.299 e. The van der Waals surface area contributed by atoms with Gasteiger partial charge in [-0.15, -0.1) is 0 Å². The van der Waals surface area contributed by atoms with Gasteiger partial charge >= 0.3 is 0 Å². The molecule has 0 saturated heterocycles. The van der Waals surface area contributed by atoms with Gasteiger partial charge in [0.1, 0.15) is 11.5 Å². The molecule has 0 atom stereocenters. The quantitative estimate of drug-likeness (QED) is 0.486. The first-order valence-corrected chi connectivity index (χ1v) is 9.65. The van der Waals surface area contributed by atoms with Crippen LogP contribution < -0.4 is 9.05 Å². The first-order valence-electron chi connectivity index (χ1n) is 8.47. The van der Waals surface area contributed by atoms with E-state index in [0.29, 0.717) is 0 Å². The molecular formula is C23H18O2P. The highest BCUT2D eigenvalue weighted by atomic mass is 31.2. The summed E-state index contributed by atoms with van der Waals surface area (Å²) in [7, 11) is -1.32. The van der Waals surface area contributed by atoms with Crippen LogP contribution in [-0.4, -0.2) is 0 Å². The highest BCUT2D eigenvalue weighted by Crippen LogP contribution is 2.59. The number of rotatable bonds is 6. The van der Waals surface area contributed by atoms with Gasteiger partial charge in [-0.2, -0.15) is 0 Å². The minimum Gasteiger partial charge on any atom is -0.438 e. The van der Waals surface area contributed by atoms with Crippen LogP contribution in [0, 0.1) is 30.8 Å². The van der Waals surface area contributed by atoms with Gasteiger partial charge in [0, 0.05) is 5.92 Å². The molecule has 0 aromatic heterocycles. The van der Waals surface area contributed by atoms with Crippen molar-refractivity contribution in [3.05, 3.63) is 127 Å². The van der Waals surface area contributed by atoms with E-state index in [0.717, 1.165) is 28.6 Å². The van der Waals surface area contributed by atoms with Crippen molar-refractivity contribution in [2.24, 2.45) is 0 Å². The van der Waals surface area contributed by atoms with E-state index in [1.54, 1.807) is 0 Å². The minimum atomic E-state index is -1.32. The van der Waals surface area contributed by atoms with E-state index in [2.05, 4.69) is 31.4 Å². The van der Waals surface area contributed by atoms with Crippen LogP contribution in [0.3, 0.4) is 0 Å². The molecule has 3 aromatic carbocycles. The summed E-state index contributed by atoms with van der Waals surface area (Å²) in [4.78, 5) is 0. The maximum Gasteiger partial charge on any atom is 0.299 e. The van der Waals surface area contributed by atoms with E-state index in [1.165, 1.54) is 0 Å². The van der Waals surface area contributed by atoms with Gasteiger partial charge in [0.2, 0.25) is 0 Å². The second-order valence-electron chi connectivity index (χ2n) is 5.76. The van der Waals surface area contributed by atoms with E-state index in [1.807, 2.05) is 78.9 Å². The van der Waals surface area contributed by atoms with Crippen LogP contribution in [0.4, 0.5) is 0 Å². The lowest BCUT2D eigenvalue weighted by Gasteiger charge is -2.27. The Kier molecular flexibility index (Phi) is 5.52. The van der Waals surface area contributed by atoms with Crippen molar-refractivity contribution in [3.8, 4) is 11.5 Å². The summed E-state index contributed by atoms with van der Waals surface area (Å²) in [6, 6.07) is 30.0. The molecule has 1 fully saturated rings. The summed E-state index contributed by atoms with van der Waals surface area (Å²) >= 11 is 0. The van der Waals surface area contributed by atoms with Crippen molar-refractivity contribution in [3.63, 3.8) is 0 Å². The SMILES string of the molecule is [CH]1[CH][C](c2ccccc2)[C](P(Oc2ccccc2)Oc2ccccc2)[CH]1. The second-order valence-corrected chi connectivity index (χ2v) is 7.12. The lowest BCUT2D eigenvalue weighted by atomic mass is 9.98. The molecule has 0 bridgehead atoms. The van der Waals surface area contributed by atoms with Crippen molar-refractivity contribution in [2.45, 2.75) is 0 Å². The van der Waals surface area contributed by atoms with Gasteiger partial charge < -0.3 is 9.05 Å². The Bertz CT molecular complexity index is 751. The van der Waals surface area contributed by atoms with Gasteiger partial charge in [0.25, 0.3) is 8.38 Å². The molecule has 0 aliphatic heterocycles. The first-order chi connectivity index (χ1) is 12.9. The van der Waals surface area contributed by atoms with E-state index in [9.17, 15) is 0 Å². The zero-order chi connectivity index (χ0) is 17.6. The molecule has 0 heterocycles. The lowest BCUT2D eigenvalue weighted by Crippen LogP contribution is -2.10. The molecule has 1 aliphatic carbocycles. The van der Waals surface area contributed by atoms with E-state index < -0.39 is 8.38 Å². The molecule has 0 amide bonds. The number of hydrogen-bond acceptors (Lipinski definition) is 2. The third-order valence-electron chi connectivity index (χ3n) is 3.94. The summed E-state index contributed by atoms with van der Waals surface area (Å²) < 4.78 is 12.5. The fourth-order valence-electron chi connectivity index (χ4n) is 2.70.